The molecular formula is C52H51F2N5O4. The molecule has 5 aliphatic heterocycles. The number of carbonyl (C=O) groups is 1. The molecule has 11 heteroatoms. The Kier molecular flexibility index (Phi) is 10.9. The molecule has 0 N–H and O–H groups in total. The van der Waals surface area contributed by atoms with Gasteiger partial charge in [0.2, 0.25) is 5.82 Å². The normalized spacial score (nSPS) is 17.9. The van der Waals surface area contributed by atoms with Crippen molar-refractivity contribution in [3.63, 3.8) is 0 Å². The predicted molar refractivity (Wildman–Crippen MR) is 246 cm³/mol. The van der Waals surface area contributed by atoms with Crippen LogP contribution in [0.1, 0.15) is 89.5 Å². The monoisotopic (exact) mass is 847 g/mol. The highest BCUT2D eigenvalue weighted by molar-refractivity contribution is 5.99. The van der Waals surface area contributed by atoms with Crippen molar-refractivity contribution in [3.8, 4) is 0 Å². The maximum atomic E-state index is 16.1. The van der Waals surface area contributed by atoms with Gasteiger partial charge in [-0.2, -0.15) is 4.39 Å². The SMILES string of the molecule is O=C1OC(C=C(c2ccc(N3CCCC3)cc2)c2ccc(N3CCCC3)cc2)(C=C(c2ccc(N3CCCC3)cc2)c2ccc(N3CCCC3)cc2)c2c1cc(F)c(F)c2[N+](=O)[O-]. The van der Waals surface area contributed by atoms with Crippen LogP contribution in [0.3, 0.4) is 0 Å². The first-order valence-corrected chi connectivity index (χ1v) is 22.5. The Morgan fingerprint density at radius 2 is 0.841 bits per heavy atom. The highest BCUT2D eigenvalue weighted by Crippen LogP contribution is 2.50. The summed E-state index contributed by atoms with van der Waals surface area (Å²) in [5.41, 5.74) is 4.65. The molecule has 322 valence electrons. The molecule has 63 heavy (non-hydrogen) atoms. The van der Waals surface area contributed by atoms with Crippen LogP contribution in [0.5, 0.6) is 0 Å². The minimum absolute atomic E-state index is 0.351. The molecule has 0 spiro atoms. The molecule has 0 radical (unpaired) electrons. The van der Waals surface area contributed by atoms with Crippen LogP contribution < -0.4 is 19.6 Å². The van der Waals surface area contributed by atoms with Crippen LogP contribution in [-0.4, -0.2) is 63.3 Å². The fourth-order valence-electron chi connectivity index (χ4n) is 10.2. The lowest BCUT2D eigenvalue weighted by Gasteiger charge is -2.27. The molecule has 10 rings (SSSR count). The van der Waals surface area contributed by atoms with Gasteiger partial charge in [-0.3, -0.25) is 10.1 Å². The summed E-state index contributed by atoms with van der Waals surface area (Å²) < 4.78 is 37.8. The van der Waals surface area contributed by atoms with E-state index in [4.69, 9.17) is 4.74 Å². The van der Waals surface area contributed by atoms with Crippen LogP contribution in [0, 0.1) is 21.7 Å². The van der Waals surface area contributed by atoms with Gasteiger partial charge < -0.3 is 24.3 Å². The highest BCUT2D eigenvalue weighted by Gasteiger charge is 2.51. The van der Waals surface area contributed by atoms with E-state index < -0.39 is 39.4 Å². The van der Waals surface area contributed by atoms with Crippen molar-refractivity contribution in [2.45, 2.75) is 57.0 Å². The van der Waals surface area contributed by atoms with Gasteiger partial charge >= 0.3 is 11.7 Å². The number of halogens is 2. The molecule has 5 heterocycles. The smallest absolute Gasteiger partial charge is 0.340 e. The van der Waals surface area contributed by atoms with Gasteiger partial charge in [0.1, 0.15) is 0 Å². The number of nitrogens with zero attached hydrogens (tertiary/aromatic N) is 5. The quantitative estimate of drug-likeness (QED) is 0.0738. The second-order valence-electron chi connectivity index (χ2n) is 17.5. The molecule has 4 fully saturated rings. The highest BCUT2D eigenvalue weighted by atomic mass is 19.2. The molecular weight excluding hydrogens is 797 g/mol. The van der Waals surface area contributed by atoms with E-state index in [9.17, 15) is 14.9 Å². The Bertz CT molecular complexity index is 2310. The fraction of sp³-hybridized carbons (Fsp3) is 0.327. The van der Waals surface area contributed by atoms with Gasteiger partial charge in [0, 0.05) is 75.1 Å². The lowest BCUT2D eigenvalue weighted by Crippen LogP contribution is -2.24. The average molecular weight is 848 g/mol. The number of hydrogen-bond acceptors (Lipinski definition) is 8. The predicted octanol–water partition coefficient (Wildman–Crippen LogP) is 10.9. The van der Waals surface area contributed by atoms with E-state index in [2.05, 4.69) is 68.1 Å². The van der Waals surface area contributed by atoms with Crippen molar-refractivity contribution in [3.05, 3.63) is 170 Å². The summed E-state index contributed by atoms with van der Waals surface area (Å²) in [4.78, 5) is 35.6. The van der Waals surface area contributed by atoms with E-state index in [1.165, 1.54) is 0 Å². The number of carbonyl (C=O) groups excluding carboxylic acids is 1. The maximum absolute atomic E-state index is 16.1. The molecule has 5 aliphatic rings. The van der Waals surface area contributed by atoms with E-state index in [1.807, 2.05) is 48.5 Å². The zero-order valence-corrected chi connectivity index (χ0v) is 35.4. The molecule has 4 saturated heterocycles. The van der Waals surface area contributed by atoms with E-state index in [-0.39, 0.29) is 5.56 Å². The lowest BCUT2D eigenvalue weighted by molar-refractivity contribution is -0.389. The van der Waals surface area contributed by atoms with E-state index in [0.29, 0.717) is 11.1 Å². The first-order valence-electron chi connectivity index (χ1n) is 22.5. The van der Waals surface area contributed by atoms with Crippen molar-refractivity contribution < 1.29 is 23.2 Å². The van der Waals surface area contributed by atoms with E-state index in [1.54, 1.807) is 12.2 Å². The molecule has 5 aromatic rings. The van der Waals surface area contributed by atoms with Crippen LogP contribution in [0.4, 0.5) is 37.2 Å². The molecule has 9 nitrogen and oxygen atoms in total. The van der Waals surface area contributed by atoms with Gasteiger partial charge in [-0.1, -0.05) is 48.5 Å². The molecule has 0 saturated carbocycles. The van der Waals surface area contributed by atoms with Crippen LogP contribution in [0.25, 0.3) is 11.1 Å². The van der Waals surface area contributed by atoms with Gasteiger partial charge in [-0.15, -0.1) is 0 Å². The Labute approximate surface area is 367 Å². The van der Waals surface area contributed by atoms with Gasteiger partial charge in [0.25, 0.3) is 0 Å². The van der Waals surface area contributed by atoms with Crippen LogP contribution in [0.15, 0.2) is 115 Å². The topological polar surface area (TPSA) is 82.4 Å². The summed E-state index contributed by atoms with van der Waals surface area (Å²) in [6.07, 6.45) is 12.4. The van der Waals surface area contributed by atoms with Gasteiger partial charge in [0.05, 0.1) is 16.1 Å². The second kappa shape index (κ2) is 17.0. The van der Waals surface area contributed by atoms with Crippen molar-refractivity contribution >= 4 is 45.6 Å². The largest absolute Gasteiger partial charge is 0.442 e. The second-order valence-corrected chi connectivity index (χ2v) is 17.5. The third-order valence-electron chi connectivity index (χ3n) is 13.6. The van der Waals surface area contributed by atoms with Gasteiger partial charge in [0.15, 0.2) is 11.4 Å². The van der Waals surface area contributed by atoms with Crippen molar-refractivity contribution in [1.82, 2.24) is 0 Å². The Hall–Kier alpha value is -6.49. The number of esters is 1. The van der Waals surface area contributed by atoms with Gasteiger partial charge in [-0.25, -0.2) is 9.18 Å². The number of nitro groups is 1. The summed E-state index contributed by atoms with van der Waals surface area (Å²) in [7, 11) is 0. The average Bonchev–Trinajstić information content (AvgIpc) is 4.18. The molecule has 0 unspecified atom stereocenters. The Morgan fingerprint density at radius 1 is 0.540 bits per heavy atom. The lowest BCUT2D eigenvalue weighted by atomic mass is 9.82. The van der Waals surface area contributed by atoms with E-state index in [0.717, 1.165) is 155 Å². The number of anilines is 4. The number of hydrogen-bond donors (Lipinski definition) is 0. The summed E-state index contributed by atoms with van der Waals surface area (Å²) in [6, 6.07) is 33.4. The van der Waals surface area contributed by atoms with Crippen molar-refractivity contribution in [2.24, 2.45) is 0 Å². The molecule has 5 aromatic carbocycles. The minimum Gasteiger partial charge on any atom is -0.442 e. The number of benzene rings is 5. The molecule has 0 bridgehead atoms. The Morgan fingerprint density at radius 3 is 1.13 bits per heavy atom. The third-order valence-corrected chi connectivity index (χ3v) is 13.6. The van der Waals surface area contributed by atoms with E-state index >= 15 is 8.78 Å². The zero-order valence-electron chi connectivity index (χ0n) is 35.4. The summed E-state index contributed by atoms with van der Waals surface area (Å²) in [5.74, 6) is -4.13. The van der Waals surface area contributed by atoms with Crippen LogP contribution in [-0.2, 0) is 10.3 Å². The first-order chi connectivity index (χ1) is 30.7. The van der Waals surface area contributed by atoms with Gasteiger partial charge in [-0.05, 0) is 152 Å². The summed E-state index contributed by atoms with van der Waals surface area (Å²) in [5, 5.41) is 13.0. The molecule has 0 aromatic heterocycles. The number of cyclic esters (lactones) is 1. The maximum Gasteiger partial charge on any atom is 0.340 e. The van der Waals surface area contributed by atoms with Crippen LogP contribution >= 0.6 is 0 Å². The number of rotatable bonds is 11. The summed E-state index contributed by atoms with van der Waals surface area (Å²) in [6.45, 7) is 7.72. The zero-order chi connectivity index (χ0) is 43.1. The molecule has 0 amide bonds. The fourth-order valence-corrected chi connectivity index (χ4v) is 10.2. The number of nitro benzene ring substituents is 1. The molecule has 0 aliphatic carbocycles. The first kappa shape index (κ1) is 40.6. The minimum atomic E-state index is -2.07. The number of fused-ring (bicyclic) bond motifs is 1. The molecule has 0 atom stereocenters. The Balaban J connectivity index is 1.22. The number of ether oxygens (including phenoxy) is 1. The summed E-state index contributed by atoms with van der Waals surface area (Å²) >= 11 is 0. The standard InChI is InChI=1S/C52H51F2N5O4/c53-47-33-44-48(50(49(47)54)59(61)62)52(63-51(44)60,34-45(36-9-17-40(18-10-36)55-25-1-2-26-55)37-11-19-41(20-12-37)56-27-3-4-28-56)35-46(38-13-21-42(22-14-38)57-29-5-6-30-57)39-15-23-43(24-16-39)58-31-7-8-32-58/h9-24,33-35H,1-8,25-32H2. The third kappa shape index (κ3) is 7.83. The van der Waals surface area contributed by atoms with Crippen molar-refractivity contribution in [1.29, 1.82) is 0 Å². The van der Waals surface area contributed by atoms with Crippen LogP contribution in [0.2, 0.25) is 0 Å². The van der Waals surface area contributed by atoms with Crippen molar-refractivity contribution in [2.75, 3.05) is 72.0 Å².